The van der Waals surface area contributed by atoms with Gasteiger partial charge in [0.1, 0.15) is 5.82 Å². The number of hydrogen-bond acceptors (Lipinski definition) is 2. The van der Waals surface area contributed by atoms with Gasteiger partial charge in [-0.1, -0.05) is 42.5 Å². The first kappa shape index (κ1) is 18.7. The second-order valence-electron chi connectivity index (χ2n) is 7.08. The molecule has 1 amide bonds. The summed E-state index contributed by atoms with van der Waals surface area (Å²) in [5.74, 6) is 0.630. The van der Waals surface area contributed by atoms with Crippen molar-refractivity contribution in [2.45, 2.75) is 19.8 Å². The normalized spacial score (nSPS) is 10.7. The lowest BCUT2D eigenvalue weighted by atomic mass is 10.0. The van der Waals surface area contributed by atoms with Crippen molar-refractivity contribution < 1.29 is 4.79 Å². The van der Waals surface area contributed by atoms with Gasteiger partial charge in [0, 0.05) is 24.3 Å². The fourth-order valence-electron chi connectivity index (χ4n) is 3.25. The largest absolute Gasteiger partial charge is 0.322 e. The molecule has 0 aliphatic rings. The molecule has 0 radical (unpaired) electrons. The molecule has 0 saturated carbocycles. The van der Waals surface area contributed by atoms with E-state index >= 15 is 0 Å². The summed E-state index contributed by atoms with van der Waals surface area (Å²) in [5, 5.41) is 3.03. The molecule has 4 aromatic rings. The zero-order chi connectivity index (χ0) is 20.1. The summed E-state index contributed by atoms with van der Waals surface area (Å²) < 4.78 is 1.90. The second kappa shape index (κ2) is 8.57. The number of carbonyl (C=O) groups excluding carboxylic acids is 1. The van der Waals surface area contributed by atoms with Crippen molar-refractivity contribution in [1.82, 2.24) is 9.55 Å². The number of pyridine rings is 1. The first-order valence-electron chi connectivity index (χ1n) is 9.73. The molecular formula is C25H23N3O. The van der Waals surface area contributed by atoms with Crippen LogP contribution in [0.5, 0.6) is 0 Å². The predicted molar refractivity (Wildman–Crippen MR) is 117 cm³/mol. The minimum Gasteiger partial charge on any atom is -0.322 e. The topological polar surface area (TPSA) is 46.9 Å². The quantitative estimate of drug-likeness (QED) is 0.498. The lowest BCUT2D eigenvalue weighted by molar-refractivity contribution is 0.102. The highest BCUT2D eigenvalue weighted by molar-refractivity contribution is 6.04. The first-order valence-corrected chi connectivity index (χ1v) is 9.73. The molecule has 0 bridgehead atoms. The molecule has 29 heavy (non-hydrogen) atoms. The Bertz CT molecular complexity index is 1080. The number of aryl methyl sites for hydroxylation is 3. The van der Waals surface area contributed by atoms with Crippen LogP contribution in [0.2, 0.25) is 0 Å². The van der Waals surface area contributed by atoms with Gasteiger partial charge in [-0.25, -0.2) is 4.98 Å². The van der Waals surface area contributed by atoms with E-state index in [9.17, 15) is 4.79 Å². The smallest absolute Gasteiger partial charge is 0.257 e. The predicted octanol–water partition coefficient (Wildman–Crippen LogP) is 5.22. The molecule has 0 unspecified atom stereocenters. The molecule has 2 heterocycles. The number of nitrogens with zero attached hydrogens (tertiary/aromatic N) is 2. The van der Waals surface area contributed by atoms with Gasteiger partial charge < -0.3 is 9.88 Å². The molecule has 2 aromatic heterocycles. The number of benzene rings is 2. The Kier molecular flexibility index (Phi) is 5.52. The minimum absolute atomic E-state index is 0.153. The number of nitrogens with one attached hydrogen (secondary N) is 1. The standard InChI is InChI=1S/C25H23N3O/c1-19-9-10-21(12-11-20-7-3-2-4-8-20)17-23(19)27-25(29)22-13-14-24(26-18-22)28-15-5-6-16-28/h2-10,13-18H,11-12H2,1H3,(H,27,29). The number of anilines is 1. The molecule has 4 nitrogen and oxygen atoms in total. The van der Waals surface area contributed by atoms with Crippen LogP contribution in [0.3, 0.4) is 0 Å². The van der Waals surface area contributed by atoms with Crippen LogP contribution in [0.4, 0.5) is 5.69 Å². The van der Waals surface area contributed by atoms with E-state index < -0.39 is 0 Å². The van der Waals surface area contributed by atoms with Crippen LogP contribution in [0.25, 0.3) is 5.82 Å². The summed E-state index contributed by atoms with van der Waals surface area (Å²) in [7, 11) is 0. The SMILES string of the molecule is Cc1ccc(CCc2ccccc2)cc1NC(=O)c1ccc(-n2cccc2)nc1. The van der Waals surface area contributed by atoms with E-state index in [0.29, 0.717) is 5.56 Å². The van der Waals surface area contributed by atoms with Crippen LogP contribution in [0, 0.1) is 6.92 Å². The summed E-state index contributed by atoms with van der Waals surface area (Å²) in [6.45, 7) is 2.00. The van der Waals surface area contributed by atoms with Gasteiger partial charge in [-0.05, 0) is 66.8 Å². The lowest BCUT2D eigenvalue weighted by Crippen LogP contribution is -2.13. The van der Waals surface area contributed by atoms with Gasteiger partial charge >= 0.3 is 0 Å². The fraction of sp³-hybridized carbons (Fsp3) is 0.120. The Hall–Kier alpha value is -3.66. The minimum atomic E-state index is -0.153. The van der Waals surface area contributed by atoms with Gasteiger partial charge in [-0.15, -0.1) is 0 Å². The van der Waals surface area contributed by atoms with Crippen LogP contribution in [0.1, 0.15) is 27.0 Å². The van der Waals surface area contributed by atoms with Gasteiger partial charge in [0.2, 0.25) is 0 Å². The summed E-state index contributed by atoms with van der Waals surface area (Å²) in [6.07, 6.45) is 7.36. The van der Waals surface area contributed by atoms with E-state index in [4.69, 9.17) is 0 Å². The van der Waals surface area contributed by atoms with E-state index in [1.54, 1.807) is 12.3 Å². The highest BCUT2D eigenvalue weighted by Crippen LogP contribution is 2.19. The fourth-order valence-corrected chi connectivity index (χ4v) is 3.25. The summed E-state index contributed by atoms with van der Waals surface area (Å²) in [6, 6.07) is 24.2. The highest BCUT2D eigenvalue weighted by atomic mass is 16.1. The average molecular weight is 381 g/mol. The van der Waals surface area contributed by atoms with E-state index in [-0.39, 0.29) is 5.91 Å². The Morgan fingerprint density at radius 1 is 0.897 bits per heavy atom. The molecule has 0 aliphatic heterocycles. The Morgan fingerprint density at radius 3 is 2.38 bits per heavy atom. The molecule has 0 aliphatic carbocycles. The molecule has 0 saturated heterocycles. The van der Waals surface area contributed by atoms with Crippen LogP contribution in [-0.4, -0.2) is 15.5 Å². The van der Waals surface area contributed by atoms with Gasteiger partial charge in [-0.2, -0.15) is 0 Å². The van der Waals surface area contributed by atoms with E-state index in [2.05, 4.69) is 52.8 Å². The molecule has 2 aromatic carbocycles. The Morgan fingerprint density at radius 2 is 1.66 bits per heavy atom. The molecule has 0 fully saturated rings. The third-order valence-corrected chi connectivity index (χ3v) is 4.97. The van der Waals surface area contributed by atoms with E-state index in [1.807, 2.05) is 48.1 Å². The molecule has 4 heteroatoms. The molecule has 144 valence electrons. The van der Waals surface area contributed by atoms with Crippen molar-refractivity contribution in [3.63, 3.8) is 0 Å². The van der Waals surface area contributed by atoms with E-state index in [1.165, 1.54) is 11.1 Å². The maximum absolute atomic E-state index is 12.7. The number of aromatic nitrogens is 2. The Labute approximate surface area is 170 Å². The second-order valence-corrected chi connectivity index (χ2v) is 7.08. The zero-order valence-corrected chi connectivity index (χ0v) is 16.4. The number of hydrogen-bond donors (Lipinski definition) is 1. The number of amides is 1. The summed E-state index contributed by atoms with van der Waals surface area (Å²) in [5.41, 5.74) is 4.94. The summed E-state index contributed by atoms with van der Waals surface area (Å²) >= 11 is 0. The number of carbonyl (C=O) groups is 1. The van der Waals surface area contributed by atoms with Crippen molar-refractivity contribution in [2.75, 3.05) is 5.32 Å². The van der Waals surface area contributed by atoms with Crippen molar-refractivity contribution in [3.8, 4) is 5.82 Å². The average Bonchev–Trinajstić information content (AvgIpc) is 3.30. The van der Waals surface area contributed by atoms with Gasteiger partial charge in [0.25, 0.3) is 5.91 Å². The van der Waals surface area contributed by atoms with Crippen molar-refractivity contribution in [1.29, 1.82) is 0 Å². The molecule has 0 spiro atoms. The van der Waals surface area contributed by atoms with Gasteiger partial charge in [-0.3, -0.25) is 4.79 Å². The number of rotatable bonds is 6. The van der Waals surface area contributed by atoms with Gasteiger partial charge in [0.05, 0.1) is 5.56 Å². The monoisotopic (exact) mass is 381 g/mol. The summed E-state index contributed by atoms with van der Waals surface area (Å²) in [4.78, 5) is 17.1. The molecular weight excluding hydrogens is 358 g/mol. The van der Waals surface area contributed by atoms with E-state index in [0.717, 1.165) is 29.9 Å². The third kappa shape index (κ3) is 4.61. The van der Waals surface area contributed by atoms with Crippen LogP contribution >= 0.6 is 0 Å². The molecule has 4 rings (SSSR count). The maximum atomic E-state index is 12.7. The van der Waals surface area contributed by atoms with Crippen LogP contribution in [-0.2, 0) is 12.8 Å². The van der Waals surface area contributed by atoms with Crippen LogP contribution in [0.15, 0.2) is 91.4 Å². The zero-order valence-electron chi connectivity index (χ0n) is 16.4. The van der Waals surface area contributed by atoms with Crippen molar-refractivity contribution in [3.05, 3.63) is 114 Å². The van der Waals surface area contributed by atoms with Crippen molar-refractivity contribution in [2.24, 2.45) is 0 Å². The Balaban J connectivity index is 1.44. The maximum Gasteiger partial charge on any atom is 0.257 e. The van der Waals surface area contributed by atoms with Crippen molar-refractivity contribution >= 4 is 11.6 Å². The molecule has 1 N–H and O–H groups in total. The van der Waals surface area contributed by atoms with Gasteiger partial charge in [0.15, 0.2) is 0 Å². The molecule has 0 atom stereocenters. The highest BCUT2D eigenvalue weighted by Gasteiger charge is 2.10. The van der Waals surface area contributed by atoms with Crippen LogP contribution < -0.4 is 5.32 Å². The first-order chi connectivity index (χ1) is 14.2. The lowest BCUT2D eigenvalue weighted by Gasteiger charge is -2.11. The third-order valence-electron chi connectivity index (χ3n) is 4.97.